The highest BCUT2D eigenvalue weighted by atomic mass is 19.1. The second-order valence-electron chi connectivity index (χ2n) is 3.50. The van der Waals surface area contributed by atoms with E-state index in [1.165, 1.54) is 12.1 Å². The van der Waals surface area contributed by atoms with Crippen molar-refractivity contribution in [1.82, 2.24) is 0 Å². The summed E-state index contributed by atoms with van der Waals surface area (Å²) in [6.07, 6.45) is 1.82. The zero-order chi connectivity index (χ0) is 10.1. The monoisotopic (exact) mass is 192 g/mol. The first kappa shape index (κ1) is 9.21. The van der Waals surface area contributed by atoms with Crippen LogP contribution in [0.1, 0.15) is 11.6 Å². The molecular formula is C11H13FN2. The Kier molecular flexibility index (Phi) is 2.25. The molecule has 1 aromatic rings. The largest absolute Gasteiger partial charge is 0.366 e. The van der Waals surface area contributed by atoms with E-state index >= 15 is 0 Å². The van der Waals surface area contributed by atoms with E-state index in [1.54, 1.807) is 6.07 Å². The molecule has 0 aromatic heterocycles. The summed E-state index contributed by atoms with van der Waals surface area (Å²) in [5.74, 6) is -0.223. The van der Waals surface area contributed by atoms with E-state index in [1.807, 2.05) is 6.08 Å². The molecule has 0 aliphatic carbocycles. The number of halogens is 1. The molecule has 0 saturated carbocycles. The molecule has 1 heterocycles. The molecule has 3 heteroatoms. The van der Waals surface area contributed by atoms with Gasteiger partial charge in [-0.25, -0.2) is 4.39 Å². The Bertz CT molecular complexity index is 362. The van der Waals surface area contributed by atoms with Crippen molar-refractivity contribution >= 4 is 5.69 Å². The van der Waals surface area contributed by atoms with Gasteiger partial charge in [-0.15, -0.1) is 6.58 Å². The van der Waals surface area contributed by atoms with Crippen LogP contribution in [-0.4, -0.2) is 13.1 Å². The zero-order valence-corrected chi connectivity index (χ0v) is 7.91. The molecule has 1 aliphatic heterocycles. The van der Waals surface area contributed by atoms with Gasteiger partial charge in [0.05, 0.1) is 0 Å². The van der Waals surface area contributed by atoms with Gasteiger partial charge in [-0.1, -0.05) is 6.08 Å². The Morgan fingerprint density at radius 1 is 1.64 bits per heavy atom. The second-order valence-corrected chi connectivity index (χ2v) is 3.50. The molecule has 74 valence electrons. The highest BCUT2D eigenvalue weighted by Gasteiger charge is 2.25. The van der Waals surface area contributed by atoms with E-state index in [-0.39, 0.29) is 11.9 Å². The molecule has 0 unspecified atom stereocenters. The predicted octanol–water partition coefficient (Wildman–Crippen LogP) is 1.83. The van der Waals surface area contributed by atoms with Gasteiger partial charge in [-0.3, -0.25) is 0 Å². The fourth-order valence-corrected chi connectivity index (χ4v) is 1.87. The van der Waals surface area contributed by atoms with Crippen molar-refractivity contribution in [1.29, 1.82) is 0 Å². The number of anilines is 1. The van der Waals surface area contributed by atoms with Crippen LogP contribution >= 0.6 is 0 Å². The second kappa shape index (κ2) is 3.42. The third-order valence-electron chi connectivity index (χ3n) is 2.50. The van der Waals surface area contributed by atoms with Gasteiger partial charge >= 0.3 is 0 Å². The quantitative estimate of drug-likeness (QED) is 0.724. The number of nitrogens with zero attached hydrogens (tertiary/aromatic N) is 1. The van der Waals surface area contributed by atoms with Gasteiger partial charge in [-0.05, 0) is 23.8 Å². The highest BCUT2D eigenvalue weighted by molar-refractivity contribution is 5.60. The predicted molar refractivity (Wildman–Crippen MR) is 55.7 cm³/mol. The number of benzene rings is 1. The van der Waals surface area contributed by atoms with E-state index in [0.29, 0.717) is 0 Å². The Hall–Kier alpha value is -1.35. The van der Waals surface area contributed by atoms with Gasteiger partial charge < -0.3 is 10.6 Å². The van der Waals surface area contributed by atoms with Gasteiger partial charge in [0, 0.05) is 24.8 Å². The Morgan fingerprint density at radius 2 is 2.43 bits per heavy atom. The smallest absolute Gasteiger partial charge is 0.123 e. The van der Waals surface area contributed by atoms with Crippen LogP contribution in [0.5, 0.6) is 0 Å². The lowest BCUT2D eigenvalue weighted by Crippen LogP contribution is -2.24. The van der Waals surface area contributed by atoms with Crippen molar-refractivity contribution in [2.24, 2.45) is 5.73 Å². The van der Waals surface area contributed by atoms with Crippen LogP contribution in [-0.2, 0) is 0 Å². The van der Waals surface area contributed by atoms with Gasteiger partial charge in [0.2, 0.25) is 0 Å². The van der Waals surface area contributed by atoms with Crippen LogP contribution in [0, 0.1) is 5.82 Å². The Balaban J connectivity index is 2.39. The summed E-state index contributed by atoms with van der Waals surface area (Å²) in [5, 5.41) is 0. The minimum Gasteiger partial charge on any atom is -0.366 e. The van der Waals surface area contributed by atoms with Crippen molar-refractivity contribution in [2.75, 3.05) is 18.0 Å². The van der Waals surface area contributed by atoms with E-state index in [0.717, 1.165) is 24.3 Å². The van der Waals surface area contributed by atoms with Crippen LogP contribution in [0.3, 0.4) is 0 Å². The first-order valence-corrected chi connectivity index (χ1v) is 4.63. The van der Waals surface area contributed by atoms with Gasteiger partial charge in [0.15, 0.2) is 0 Å². The minimum atomic E-state index is -0.223. The number of hydrogen-bond donors (Lipinski definition) is 1. The van der Waals surface area contributed by atoms with Crippen molar-refractivity contribution in [3.63, 3.8) is 0 Å². The summed E-state index contributed by atoms with van der Waals surface area (Å²) in [4.78, 5) is 2.10. The summed E-state index contributed by atoms with van der Waals surface area (Å²) >= 11 is 0. The molecule has 2 rings (SSSR count). The van der Waals surface area contributed by atoms with Crippen LogP contribution in [0.15, 0.2) is 30.9 Å². The normalized spacial score (nSPS) is 19.6. The summed E-state index contributed by atoms with van der Waals surface area (Å²) in [6.45, 7) is 5.18. The van der Waals surface area contributed by atoms with Crippen LogP contribution in [0.2, 0.25) is 0 Å². The Labute approximate surface area is 82.8 Å². The lowest BCUT2D eigenvalue weighted by Gasteiger charge is -2.16. The fourth-order valence-electron chi connectivity index (χ4n) is 1.87. The van der Waals surface area contributed by atoms with Gasteiger partial charge in [0.25, 0.3) is 0 Å². The molecular weight excluding hydrogens is 179 g/mol. The molecule has 1 aliphatic rings. The van der Waals surface area contributed by atoms with Gasteiger partial charge in [-0.2, -0.15) is 0 Å². The average molecular weight is 192 g/mol. The highest BCUT2D eigenvalue weighted by Crippen LogP contribution is 2.33. The molecule has 1 atom stereocenters. The van der Waals surface area contributed by atoms with E-state index < -0.39 is 0 Å². The van der Waals surface area contributed by atoms with Crippen molar-refractivity contribution in [3.8, 4) is 0 Å². The maximum absolute atomic E-state index is 13.0. The van der Waals surface area contributed by atoms with Crippen LogP contribution in [0.25, 0.3) is 0 Å². The third-order valence-corrected chi connectivity index (χ3v) is 2.50. The first-order valence-electron chi connectivity index (χ1n) is 4.63. The molecule has 1 aromatic carbocycles. The zero-order valence-electron chi connectivity index (χ0n) is 7.91. The van der Waals surface area contributed by atoms with Crippen molar-refractivity contribution in [3.05, 3.63) is 42.2 Å². The molecule has 0 bridgehead atoms. The molecule has 0 saturated heterocycles. The number of hydrogen-bond acceptors (Lipinski definition) is 2. The fraction of sp³-hybridized carbons (Fsp3) is 0.273. The maximum atomic E-state index is 13.0. The molecule has 0 radical (unpaired) electrons. The van der Waals surface area contributed by atoms with Crippen LogP contribution < -0.4 is 10.6 Å². The van der Waals surface area contributed by atoms with E-state index in [2.05, 4.69) is 11.5 Å². The van der Waals surface area contributed by atoms with Crippen molar-refractivity contribution < 1.29 is 4.39 Å². The molecule has 0 spiro atoms. The molecule has 2 N–H and O–H groups in total. The molecule has 0 amide bonds. The number of nitrogens with two attached hydrogens (primary N) is 1. The SMILES string of the molecule is C=CCN1C[C@H](N)c2cc(F)ccc21. The topological polar surface area (TPSA) is 29.3 Å². The number of rotatable bonds is 2. The minimum absolute atomic E-state index is 0.0827. The standard InChI is InChI=1S/C11H13FN2/c1-2-5-14-7-10(13)9-6-8(12)3-4-11(9)14/h2-4,6,10H,1,5,7,13H2/t10-/m0/s1. The summed E-state index contributed by atoms with van der Waals surface area (Å²) in [5.41, 5.74) is 7.82. The molecule has 2 nitrogen and oxygen atoms in total. The first-order chi connectivity index (χ1) is 6.72. The van der Waals surface area contributed by atoms with E-state index in [4.69, 9.17) is 5.73 Å². The number of fused-ring (bicyclic) bond motifs is 1. The summed E-state index contributed by atoms with van der Waals surface area (Å²) in [7, 11) is 0. The third kappa shape index (κ3) is 1.40. The lowest BCUT2D eigenvalue weighted by atomic mass is 10.1. The maximum Gasteiger partial charge on any atom is 0.123 e. The Morgan fingerprint density at radius 3 is 3.14 bits per heavy atom. The lowest BCUT2D eigenvalue weighted by molar-refractivity contribution is 0.624. The van der Waals surface area contributed by atoms with Crippen LogP contribution in [0.4, 0.5) is 10.1 Å². The van der Waals surface area contributed by atoms with Gasteiger partial charge in [0.1, 0.15) is 5.82 Å². The molecule has 0 fully saturated rings. The van der Waals surface area contributed by atoms with E-state index in [9.17, 15) is 4.39 Å². The summed E-state index contributed by atoms with van der Waals surface area (Å²) < 4.78 is 13.0. The molecule has 14 heavy (non-hydrogen) atoms. The summed E-state index contributed by atoms with van der Waals surface area (Å²) in [6, 6.07) is 4.68. The average Bonchev–Trinajstić information content (AvgIpc) is 2.44. The van der Waals surface area contributed by atoms with Crippen molar-refractivity contribution in [2.45, 2.75) is 6.04 Å².